The minimum Gasteiger partial charge on any atom is -0.462 e. The van der Waals surface area contributed by atoms with E-state index < -0.39 is 5.97 Å². The number of carbonyl (C=O) groups is 1. The van der Waals surface area contributed by atoms with Gasteiger partial charge in [0.05, 0.1) is 18.8 Å². The molecule has 1 aromatic rings. The number of nitrogen functional groups attached to an aromatic ring is 1. The van der Waals surface area contributed by atoms with Gasteiger partial charge in [0.25, 0.3) is 0 Å². The van der Waals surface area contributed by atoms with Crippen molar-refractivity contribution >= 4 is 17.3 Å². The van der Waals surface area contributed by atoms with E-state index in [4.69, 9.17) is 15.2 Å². The van der Waals surface area contributed by atoms with E-state index in [9.17, 15) is 4.79 Å². The van der Waals surface area contributed by atoms with Gasteiger partial charge >= 0.3 is 5.97 Å². The second-order valence-electron chi connectivity index (χ2n) is 4.23. The smallest absolute Gasteiger partial charge is 0.340 e. The van der Waals surface area contributed by atoms with Crippen LogP contribution < -0.4 is 11.1 Å². The first-order valence-corrected chi connectivity index (χ1v) is 6.44. The fourth-order valence-corrected chi connectivity index (χ4v) is 1.73. The number of methoxy groups -OCH3 is 1. The van der Waals surface area contributed by atoms with Crippen LogP contribution in [0.25, 0.3) is 0 Å². The summed E-state index contributed by atoms with van der Waals surface area (Å²) in [5, 5.41) is 3.31. The number of nitrogens with one attached hydrogen (secondary N) is 1. The average Bonchev–Trinajstić information content (AvgIpc) is 2.40. The number of hydrogen-bond acceptors (Lipinski definition) is 5. The van der Waals surface area contributed by atoms with E-state index in [1.165, 1.54) is 0 Å². The third-order valence-electron chi connectivity index (χ3n) is 2.78. The highest BCUT2D eigenvalue weighted by atomic mass is 16.5. The summed E-state index contributed by atoms with van der Waals surface area (Å²) in [6.07, 6.45) is 0.924. The fourth-order valence-electron chi connectivity index (χ4n) is 1.73. The molecule has 3 N–H and O–H groups in total. The van der Waals surface area contributed by atoms with Gasteiger partial charge < -0.3 is 20.5 Å². The summed E-state index contributed by atoms with van der Waals surface area (Å²) in [6.45, 7) is 4.77. The summed E-state index contributed by atoms with van der Waals surface area (Å²) in [5.41, 5.74) is 7.43. The van der Waals surface area contributed by atoms with Crippen molar-refractivity contribution in [2.45, 2.75) is 26.3 Å². The van der Waals surface area contributed by atoms with Crippen LogP contribution in [0.5, 0.6) is 0 Å². The molecule has 0 heterocycles. The van der Waals surface area contributed by atoms with E-state index in [1.54, 1.807) is 26.2 Å². The number of anilines is 2. The highest BCUT2D eigenvalue weighted by Gasteiger charge is 2.13. The number of ether oxygens (including phenoxy) is 2. The van der Waals surface area contributed by atoms with Crippen LogP contribution in [-0.4, -0.2) is 32.3 Å². The molecule has 0 aliphatic carbocycles. The number of hydrogen-bond donors (Lipinski definition) is 2. The predicted molar refractivity (Wildman–Crippen MR) is 76.4 cm³/mol. The van der Waals surface area contributed by atoms with Gasteiger partial charge in [0, 0.05) is 24.5 Å². The molecule has 1 rings (SSSR count). The molecule has 0 saturated heterocycles. The molecular weight excluding hydrogens is 244 g/mol. The molecule has 0 radical (unpaired) electrons. The lowest BCUT2D eigenvalue weighted by Gasteiger charge is -2.18. The van der Waals surface area contributed by atoms with Gasteiger partial charge in [-0.1, -0.05) is 6.92 Å². The lowest BCUT2D eigenvalue weighted by molar-refractivity contribution is 0.0527. The van der Waals surface area contributed by atoms with E-state index in [0.717, 1.165) is 12.1 Å². The first-order chi connectivity index (χ1) is 9.12. The summed E-state index contributed by atoms with van der Waals surface area (Å²) in [6, 6.07) is 5.46. The maximum absolute atomic E-state index is 11.7. The molecule has 0 amide bonds. The van der Waals surface area contributed by atoms with Crippen LogP contribution in [-0.2, 0) is 9.47 Å². The van der Waals surface area contributed by atoms with Crippen molar-refractivity contribution in [3.63, 3.8) is 0 Å². The topological polar surface area (TPSA) is 73.6 Å². The fraction of sp³-hybridized carbons (Fsp3) is 0.500. The molecular formula is C14H22N2O3. The number of carbonyl (C=O) groups excluding carboxylic acids is 1. The molecule has 0 saturated carbocycles. The van der Waals surface area contributed by atoms with E-state index >= 15 is 0 Å². The maximum atomic E-state index is 11.7. The molecule has 0 aliphatic rings. The summed E-state index contributed by atoms with van der Waals surface area (Å²) < 4.78 is 10.1. The first kappa shape index (κ1) is 15.3. The van der Waals surface area contributed by atoms with Gasteiger partial charge in [0.2, 0.25) is 0 Å². The van der Waals surface area contributed by atoms with Crippen LogP contribution in [0.15, 0.2) is 18.2 Å². The largest absolute Gasteiger partial charge is 0.462 e. The number of benzene rings is 1. The van der Waals surface area contributed by atoms with Crippen molar-refractivity contribution in [1.82, 2.24) is 0 Å². The van der Waals surface area contributed by atoms with Gasteiger partial charge in [-0.25, -0.2) is 4.79 Å². The van der Waals surface area contributed by atoms with Crippen molar-refractivity contribution in [1.29, 1.82) is 0 Å². The standard InChI is InChI=1S/C14H22N2O3/c1-4-10(9-18-3)16-11-6-7-13(15)12(8-11)14(17)19-5-2/h6-8,10,16H,4-5,9,15H2,1-3H3. The van der Waals surface area contributed by atoms with Crippen molar-refractivity contribution in [3.8, 4) is 0 Å². The molecule has 1 aromatic carbocycles. The van der Waals surface area contributed by atoms with Gasteiger partial charge in [0.15, 0.2) is 0 Å². The second kappa shape index (κ2) is 7.63. The summed E-state index contributed by atoms with van der Waals surface area (Å²) in [4.78, 5) is 11.7. The zero-order valence-electron chi connectivity index (χ0n) is 11.7. The highest BCUT2D eigenvalue weighted by Crippen LogP contribution is 2.20. The Kier molecular flexibility index (Phi) is 6.15. The average molecular weight is 266 g/mol. The second-order valence-corrected chi connectivity index (χ2v) is 4.23. The van der Waals surface area contributed by atoms with Crippen molar-refractivity contribution in [3.05, 3.63) is 23.8 Å². The lowest BCUT2D eigenvalue weighted by Crippen LogP contribution is -2.24. The Morgan fingerprint density at radius 1 is 1.42 bits per heavy atom. The van der Waals surface area contributed by atoms with Gasteiger partial charge in [-0.2, -0.15) is 0 Å². The van der Waals surface area contributed by atoms with Crippen LogP contribution in [0.4, 0.5) is 11.4 Å². The Labute approximate surface area is 114 Å². The monoisotopic (exact) mass is 266 g/mol. The van der Waals surface area contributed by atoms with Crippen LogP contribution in [0.1, 0.15) is 30.6 Å². The molecule has 1 unspecified atom stereocenters. The Bertz CT molecular complexity index is 421. The van der Waals surface area contributed by atoms with Crippen LogP contribution >= 0.6 is 0 Å². The molecule has 0 bridgehead atoms. The van der Waals surface area contributed by atoms with Gasteiger partial charge in [0.1, 0.15) is 0 Å². The van der Waals surface area contributed by atoms with Gasteiger partial charge in [-0.05, 0) is 31.5 Å². The van der Waals surface area contributed by atoms with Crippen molar-refractivity contribution in [2.24, 2.45) is 0 Å². The van der Waals surface area contributed by atoms with Crippen LogP contribution in [0.2, 0.25) is 0 Å². The molecule has 106 valence electrons. The molecule has 1 atom stereocenters. The minimum absolute atomic E-state index is 0.198. The van der Waals surface area contributed by atoms with E-state index in [1.807, 2.05) is 6.07 Å². The van der Waals surface area contributed by atoms with E-state index in [2.05, 4.69) is 12.2 Å². The minimum atomic E-state index is -0.400. The van der Waals surface area contributed by atoms with E-state index in [-0.39, 0.29) is 6.04 Å². The van der Waals surface area contributed by atoms with Crippen LogP contribution in [0, 0.1) is 0 Å². The maximum Gasteiger partial charge on any atom is 0.340 e. The number of esters is 1. The highest BCUT2D eigenvalue weighted by molar-refractivity contribution is 5.96. The third kappa shape index (κ3) is 4.44. The Morgan fingerprint density at radius 3 is 2.74 bits per heavy atom. The SMILES string of the molecule is CCOC(=O)c1cc(NC(CC)COC)ccc1N. The number of nitrogens with two attached hydrogens (primary N) is 1. The molecule has 5 nitrogen and oxygen atoms in total. The van der Waals surface area contributed by atoms with Crippen molar-refractivity contribution in [2.75, 3.05) is 31.4 Å². The van der Waals surface area contributed by atoms with Crippen molar-refractivity contribution < 1.29 is 14.3 Å². The van der Waals surface area contributed by atoms with Crippen LogP contribution in [0.3, 0.4) is 0 Å². The Balaban J connectivity index is 2.86. The molecule has 19 heavy (non-hydrogen) atoms. The van der Waals surface area contributed by atoms with Gasteiger partial charge in [-0.15, -0.1) is 0 Å². The molecule has 0 spiro atoms. The third-order valence-corrected chi connectivity index (χ3v) is 2.78. The summed E-state index contributed by atoms with van der Waals surface area (Å²) in [7, 11) is 1.66. The number of rotatable bonds is 7. The van der Waals surface area contributed by atoms with E-state index in [0.29, 0.717) is 24.5 Å². The zero-order chi connectivity index (χ0) is 14.3. The first-order valence-electron chi connectivity index (χ1n) is 6.44. The molecule has 0 aromatic heterocycles. The quantitative estimate of drug-likeness (QED) is 0.585. The zero-order valence-corrected chi connectivity index (χ0v) is 11.7. The van der Waals surface area contributed by atoms with Gasteiger partial charge in [-0.3, -0.25) is 0 Å². The lowest BCUT2D eigenvalue weighted by atomic mass is 10.1. The normalized spacial score (nSPS) is 11.9. The summed E-state index contributed by atoms with van der Waals surface area (Å²) >= 11 is 0. The molecule has 5 heteroatoms. The Morgan fingerprint density at radius 2 is 2.16 bits per heavy atom. The molecule has 0 fully saturated rings. The predicted octanol–water partition coefficient (Wildman–Crippen LogP) is 2.28. The molecule has 0 aliphatic heterocycles. The Hall–Kier alpha value is -1.75. The summed E-state index contributed by atoms with van der Waals surface area (Å²) in [5.74, 6) is -0.400.